The highest BCUT2D eigenvalue weighted by molar-refractivity contribution is 6.00. The third-order valence-corrected chi connectivity index (χ3v) is 7.61. The summed E-state index contributed by atoms with van der Waals surface area (Å²) in [6.45, 7) is 7.65. The van der Waals surface area contributed by atoms with Crippen molar-refractivity contribution >= 4 is 5.91 Å². The molecule has 0 spiro atoms. The maximum atomic E-state index is 13.7. The summed E-state index contributed by atoms with van der Waals surface area (Å²) in [5.41, 5.74) is 6.75. The number of fused-ring (bicyclic) bond motifs is 1. The molecular formula is C32H34N4O3. The average molecular weight is 523 g/mol. The average Bonchev–Trinajstić information content (AvgIpc) is 3.53. The van der Waals surface area contributed by atoms with Crippen molar-refractivity contribution in [3.8, 4) is 17.0 Å². The van der Waals surface area contributed by atoms with Gasteiger partial charge >= 0.3 is 0 Å². The number of aryl methyl sites for hydroxylation is 1. The molecule has 3 aromatic carbocycles. The Morgan fingerprint density at radius 3 is 2.44 bits per heavy atom. The molecule has 1 N–H and O–H groups in total. The van der Waals surface area contributed by atoms with Crippen molar-refractivity contribution in [1.29, 1.82) is 0 Å². The van der Waals surface area contributed by atoms with Gasteiger partial charge in [-0.15, -0.1) is 0 Å². The molecule has 1 unspecified atom stereocenters. The Balaban J connectivity index is 1.27. The number of H-pyrrole nitrogens is 1. The van der Waals surface area contributed by atoms with Gasteiger partial charge in [-0.05, 0) is 36.6 Å². The van der Waals surface area contributed by atoms with Gasteiger partial charge in [0.25, 0.3) is 5.91 Å². The highest BCUT2D eigenvalue weighted by Gasteiger charge is 2.41. The number of nitrogens with one attached hydrogen (secondary N) is 1. The number of carbonyl (C=O) groups excluding carboxylic acids is 1. The second-order valence-corrected chi connectivity index (χ2v) is 10.3. The predicted octanol–water partition coefficient (Wildman–Crippen LogP) is 5.23. The zero-order valence-corrected chi connectivity index (χ0v) is 22.3. The van der Waals surface area contributed by atoms with E-state index in [0.717, 1.165) is 73.0 Å². The minimum Gasteiger partial charge on any atom is -0.489 e. The third-order valence-electron chi connectivity index (χ3n) is 7.61. The second-order valence-electron chi connectivity index (χ2n) is 10.3. The van der Waals surface area contributed by atoms with Crippen LogP contribution in [0.15, 0.2) is 78.9 Å². The second kappa shape index (κ2) is 11.4. The van der Waals surface area contributed by atoms with Gasteiger partial charge in [-0.1, -0.05) is 72.3 Å². The van der Waals surface area contributed by atoms with Crippen LogP contribution in [0.1, 0.15) is 45.2 Å². The first-order valence-corrected chi connectivity index (χ1v) is 13.7. The molecule has 0 radical (unpaired) electrons. The van der Waals surface area contributed by atoms with Crippen molar-refractivity contribution in [2.75, 3.05) is 39.4 Å². The normalized spacial score (nSPS) is 17.4. The van der Waals surface area contributed by atoms with E-state index in [2.05, 4.69) is 70.6 Å². The van der Waals surface area contributed by atoms with Crippen LogP contribution >= 0.6 is 0 Å². The minimum atomic E-state index is -0.213. The number of benzene rings is 3. The van der Waals surface area contributed by atoms with Gasteiger partial charge in [-0.2, -0.15) is 5.10 Å². The van der Waals surface area contributed by atoms with E-state index in [4.69, 9.17) is 9.47 Å². The standard InChI is InChI=1S/C32H34N4O3/c1-23-8-10-25(11-9-23)29-28-30(34-33-29)32(37)36(17-5-16-35-18-20-38-21-19-35)31(28)26-12-14-27(15-13-26)39-22-24-6-3-2-4-7-24/h2-4,6-15,31H,5,16-22H2,1H3,(H,33,34). The number of amides is 1. The van der Waals surface area contributed by atoms with Gasteiger partial charge in [-0.3, -0.25) is 14.8 Å². The van der Waals surface area contributed by atoms with Gasteiger partial charge < -0.3 is 14.4 Å². The molecule has 0 bridgehead atoms. The largest absolute Gasteiger partial charge is 0.489 e. The predicted molar refractivity (Wildman–Crippen MR) is 151 cm³/mol. The lowest BCUT2D eigenvalue weighted by Gasteiger charge is -2.29. The van der Waals surface area contributed by atoms with E-state index >= 15 is 0 Å². The van der Waals surface area contributed by atoms with Gasteiger partial charge in [0.2, 0.25) is 0 Å². The molecule has 7 nitrogen and oxygen atoms in total. The number of carbonyl (C=O) groups is 1. The van der Waals surface area contributed by atoms with Crippen molar-refractivity contribution in [3.63, 3.8) is 0 Å². The van der Waals surface area contributed by atoms with Crippen molar-refractivity contribution < 1.29 is 14.3 Å². The van der Waals surface area contributed by atoms with E-state index in [1.165, 1.54) is 5.56 Å². The van der Waals surface area contributed by atoms with Crippen LogP contribution in [0.5, 0.6) is 5.75 Å². The molecule has 1 saturated heterocycles. The lowest BCUT2D eigenvalue weighted by Crippen LogP contribution is -2.38. The fourth-order valence-corrected chi connectivity index (χ4v) is 5.48. The Morgan fingerprint density at radius 2 is 1.69 bits per heavy atom. The Hall–Kier alpha value is -3.94. The van der Waals surface area contributed by atoms with Crippen LogP contribution in [-0.2, 0) is 11.3 Å². The lowest BCUT2D eigenvalue weighted by atomic mass is 9.95. The Labute approximate surface area is 229 Å². The van der Waals surface area contributed by atoms with E-state index in [1.54, 1.807) is 0 Å². The van der Waals surface area contributed by atoms with Gasteiger partial charge in [-0.25, -0.2) is 0 Å². The summed E-state index contributed by atoms with van der Waals surface area (Å²) in [4.78, 5) is 18.1. The van der Waals surface area contributed by atoms with Gasteiger partial charge in [0.05, 0.1) is 24.9 Å². The number of nitrogens with zero attached hydrogens (tertiary/aromatic N) is 3. The van der Waals surface area contributed by atoms with E-state index in [0.29, 0.717) is 18.8 Å². The molecule has 2 aliphatic rings. The molecular weight excluding hydrogens is 488 g/mol. The molecule has 1 fully saturated rings. The minimum absolute atomic E-state index is 0.00671. The molecule has 3 heterocycles. The van der Waals surface area contributed by atoms with Gasteiger partial charge in [0.15, 0.2) is 0 Å². The van der Waals surface area contributed by atoms with E-state index < -0.39 is 0 Å². The monoisotopic (exact) mass is 522 g/mol. The molecule has 1 aromatic heterocycles. The third kappa shape index (κ3) is 5.46. The molecule has 200 valence electrons. The summed E-state index contributed by atoms with van der Waals surface area (Å²) in [5, 5.41) is 7.69. The highest BCUT2D eigenvalue weighted by atomic mass is 16.5. The van der Waals surface area contributed by atoms with Crippen molar-refractivity contribution in [1.82, 2.24) is 20.0 Å². The number of aromatic amines is 1. The number of hydrogen-bond acceptors (Lipinski definition) is 5. The van der Waals surface area contributed by atoms with E-state index in [1.807, 2.05) is 35.2 Å². The van der Waals surface area contributed by atoms with E-state index in [9.17, 15) is 4.79 Å². The molecule has 0 saturated carbocycles. The molecule has 39 heavy (non-hydrogen) atoms. The molecule has 1 amide bonds. The molecule has 0 aliphatic carbocycles. The maximum Gasteiger partial charge on any atom is 0.273 e. The summed E-state index contributed by atoms with van der Waals surface area (Å²) < 4.78 is 11.5. The Kier molecular flexibility index (Phi) is 7.43. The first-order chi connectivity index (χ1) is 19.2. The van der Waals surface area contributed by atoms with Crippen LogP contribution in [0.25, 0.3) is 11.3 Å². The molecule has 2 aliphatic heterocycles. The van der Waals surface area contributed by atoms with Crippen LogP contribution in [0, 0.1) is 6.92 Å². The van der Waals surface area contributed by atoms with Crippen LogP contribution in [0.4, 0.5) is 0 Å². The zero-order chi connectivity index (χ0) is 26.6. The van der Waals surface area contributed by atoms with Crippen LogP contribution in [0.2, 0.25) is 0 Å². The van der Waals surface area contributed by atoms with Gasteiger partial charge in [0, 0.05) is 37.3 Å². The molecule has 1 atom stereocenters. The quantitative estimate of drug-likeness (QED) is 0.326. The summed E-state index contributed by atoms with van der Waals surface area (Å²) in [6, 6.07) is 26.4. The number of ether oxygens (including phenoxy) is 2. The number of morpholine rings is 1. The topological polar surface area (TPSA) is 70.7 Å². The van der Waals surface area contributed by atoms with Gasteiger partial charge in [0.1, 0.15) is 18.1 Å². The lowest BCUT2D eigenvalue weighted by molar-refractivity contribution is 0.0354. The summed E-state index contributed by atoms with van der Waals surface area (Å²) in [7, 11) is 0. The Bertz CT molecular complexity index is 1390. The molecule has 4 aromatic rings. The van der Waals surface area contributed by atoms with Crippen molar-refractivity contribution in [2.45, 2.75) is 26.0 Å². The summed E-state index contributed by atoms with van der Waals surface area (Å²) in [6.07, 6.45) is 0.901. The first-order valence-electron chi connectivity index (χ1n) is 13.7. The SMILES string of the molecule is Cc1ccc(-c2n[nH]c3c2C(c2ccc(OCc4ccccc4)cc2)N(CCCN2CCOCC2)C3=O)cc1. The van der Waals surface area contributed by atoms with Crippen molar-refractivity contribution in [2.24, 2.45) is 0 Å². The number of hydrogen-bond donors (Lipinski definition) is 1. The first kappa shape index (κ1) is 25.3. The van der Waals surface area contributed by atoms with E-state index in [-0.39, 0.29) is 11.9 Å². The van der Waals surface area contributed by atoms with Crippen molar-refractivity contribution in [3.05, 3.63) is 107 Å². The zero-order valence-electron chi connectivity index (χ0n) is 22.3. The number of aromatic nitrogens is 2. The van der Waals surface area contributed by atoms with Crippen LogP contribution in [0.3, 0.4) is 0 Å². The Morgan fingerprint density at radius 1 is 0.949 bits per heavy atom. The fraction of sp³-hybridized carbons (Fsp3) is 0.312. The molecule has 6 rings (SSSR count). The highest BCUT2D eigenvalue weighted by Crippen LogP contribution is 2.43. The fourth-order valence-electron chi connectivity index (χ4n) is 5.48. The van der Waals surface area contributed by atoms with Crippen LogP contribution < -0.4 is 4.74 Å². The summed E-state index contributed by atoms with van der Waals surface area (Å²) >= 11 is 0. The number of rotatable bonds is 9. The summed E-state index contributed by atoms with van der Waals surface area (Å²) in [5.74, 6) is 0.809. The smallest absolute Gasteiger partial charge is 0.273 e. The molecule has 7 heteroatoms. The van der Waals surface area contributed by atoms with Crippen LogP contribution in [-0.4, -0.2) is 65.3 Å². The maximum absolute atomic E-state index is 13.7.